The van der Waals surface area contributed by atoms with Gasteiger partial charge in [-0.05, 0) is 13.3 Å². The van der Waals surface area contributed by atoms with E-state index in [0.29, 0.717) is 26.4 Å². The lowest BCUT2D eigenvalue weighted by atomic mass is 9.63. The summed E-state index contributed by atoms with van der Waals surface area (Å²) >= 11 is 0. The Morgan fingerprint density at radius 2 is 1.47 bits per heavy atom. The molecule has 0 aromatic heterocycles. The molecule has 2 aliphatic heterocycles. The van der Waals surface area contributed by atoms with Crippen molar-refractivity contribution in [2.45, 2.75) is 51.1 Å². The minimum atomic E-state index is -0.474. The fourth-order valence-corrected chi connectivity index (χ4v) is 3.77. The van der Waals surface area contributed by atoms with Gasteiger partial charge in [0, 0.05) is 11.8 Å². The minimum Gasteiger partial charge on any atom is -0.372 e. The molecule has 0 aromatic rings. The van der Waals surface area contributed by atoms with E-state index in [1.807, 2.05) is 0 Å². The van der Waals surface area contributed by atoms with E-state index in [4.69, 9.17) is 18.9 Å². The summed E-state index contributed by atoms with van der Waals surface area (Å²) in [5, 5.41) is 0. The van der Waals surface area contributed by atoms with Crippen LogP contribution in [0.5, 0.6) is 0 Å². The second kappa shape index (κ2) is 3.67. The minimum absolute atomic E-state index is 0.0376. The number of hydrogen-bond donors (Lipinski definition) is 0. The third kappa shape index (κ3) is 1.51. The van der Waals surface area contributed by atoms with Gasteiger partial charge < -0.3 is 18.9 Å². The summed E-state index contributed by atoms with van der Waals surface area (Å²) in [7, 11) is 0. The molecule has 0 radical (unpaired) electrons. The normalized spacial score (nSPS) is 43.6. The molecular formula is C13H22O4. The van der Waals surface area contributed by atoms with Crippen molar-refractivity contribution < 1.29 is 18.9 Å². The highest BCUT2D eigenvalue weighted by Gasteiger charge is 2.64. The summed E-state index contributed by atoms with van der Waals surface area (Å²) < 4.78 is 23.8. The molecule has 2 saturated heterocycles. The fraction of sp³-hybridized carbons (Fsp3) is 1.00. The average Bonchev–Trinajstić information content (AvgIpc) is 2.75. The Labute approximate surface area is 103 Å². The quantitative estimate of drug-likeness (QED) is 0.648. The van der Waals surface area contributed by atoms with Crippen LogP contribution < -0.4 is 0 Å². The molecule has 1 aliphatic carbocycles. The van der Waals surface area contributed by atoms with Gasteiger partial charge in [-0.1, -0.05) is 13.8 Å². The first-order chi connectivity index (χ1) is 8.00. The van der Waals surface area contributed by atoms with Gasteiger partial charge in [0.1, 0.15) is 0 Å². The molecule has 98 valence electrons. The second-order valence-corrected chi connectivity index (χ2v) is 6.08. The van der Waals surface area contributed by atoms with Gasteiger partial charge in [0.15, 0.2) is 5.79 Å². The van der Waals surface area contributed by atoms with Crippen molar-refractivity contribution >= 4 is 0 Å². The molecule has 17 heavy (non-hydrogen) atoms. The summed E-state index contributed by atoms with van der Waals surface area (Å²) in [5.74, 6) is -0.474. The molecule has 3 rings (SSSR count). The first kappa shape index (κ1) is 11.9. The van der Waals surface area contributed by atoms with Gasteiger partial charge in [-0.3, -0.25) is 0 Å². The topological polar surface area (TPSA) is 36.9 Å². The third-order valence-corrected chi connectivity index (χ3v) is 4.70. The van der Waals surface area contributed by atoms with Gasteiger partial charge in [0.2, 0.25) is 0 Å². The Morgan fingerprint density at radius 3 is 2.18 bits per heavy atom. The number of hydrogen-bond acceptors (Lipinski definition) is 4. The smallest absolute Gasteiger partial charge is 0.176 e. The zero-order valence-corrected chi connectivity index (χ0v) is 11.0. The maximum Gasteiger partial charge on any atom is 0.176 e. The SMILES string of the molecule is CC1(C)[C@@H]2OCCO[C@@]2(C)CCC12OCCO2. The van der Waals surface area contributed by atoms with Gasteiger partial charge in [-0.15, -0.1) is 0 Å². The monoisotopic (exact) mass is 242 g/mol. The fourth-order valence-electron chi connectivity index (χ4n) is 3.77. The summed E-state index contributed by atoms with van der Waals surface area (Å²) in [5.41, 5.74) is -0.376. The van der Waals surface area contributed by atoms with Crippen molar-refractivity contribution in [1.82, 2.24) is 0 Å². The van der Waals surface area contributed by atoms with Crippen molar-refractivity contribution in [3.8, 4) is 0 Å². The van der Waals surface area contributed by atoms with Crippen LogP contribution in [0.15, 0.2) is 0 Å². The summed E-state index contributed by atoms with van der Waals surface area (Å²) in [6, 6.07) is 0. The molecule has 4 heteroatoms. The molecule has 3 fully saturated rings. The Hall–Kier alpha value is -0.160. The largest absolute Gasteiger partial charge is 0.372 e. The molecule has 1 saturated carbocycles. The van der Waals surface area contributed by atoms with Crippen molar-refractivity contribution in [2.24, 2.45) is 5.41 Å². The Morgan fingerprint density at radius 1 is 0.824 bits per heavy atom. The zero-order chi connectivity index (χ0) is 12.1. The van der Waals surface area contributed by atoms with Crippen molar-refractivity contribution in [3.63, 3.8) is 0 Å². The van der Waals surface area contributed by atoms with Crippen LogP contribution >= 0.6 is 0 Å². The van der Waals surface area contributed by atoms with Gasteiger partial charge in [-0.25, -0.2) is 0 Å². The summed E-state index contributed by atoms with van der Waals surface area (Å²) in [6.45, 7) is 9.24. The van der Waals surface area contributed by atoms with Gasteiger partial charge in [-0.2, -0.15) is 0 Å². The van der Waals surface area contributed by atoms with Crippen molar-refractivity contribution in [3.05, 3.63) is 0 Å². The van der Waals surface area contributed by atoms with Crippen LogP contribution in [0.2, 0.25) is 0 Å². The highest BCUT2D eigenvalue weighted by atomic mass is 16.7. The molecule has 2 atom stereocenters. The van der Waals surface area contributed by atoms with Crippen LogP contribution in [0.25, 0.3) is 0 Å². The van der Waals surface area contributed by atoms with E-state index < -0.39 is 5.79 Å². The first-order valence-corrected chi connectivity index (χ1v) is 6.54. The first-order valence-electron chi connectivity index (χ1n) is 6.54. The van der Waals surface area contributed by atoms with E-state index in [1.165, 1.54) is 0 Å². The van der Waals surface area contributed by atoms with Crippen LogP contribution in [0.3, 0.4) is 0 Å². The molecule has 3 aliphatic rings. The lowest BCUT2D eigenvalue weighted by Crippen LogP contribution is -2.67. The Balaban J connectivity index is 1.94. The average molecular weight is 242 g/mol. The van der Waals surface area contributed by atoms with Gasteiger partial charge >= 0.3 is 0 Å². The summed E-state index contributed by atoms with van der Waals surface area (Å²) in [6.07, 6.45) is 1.85. The van der Waals surface area contributed by atoms with E-state index in [9.17, 15) is 0 Å². The second-order valence-electron chi connectivity index (χ2n) is 6.08. The highest BCUT2D eigenvalue weighted by Crippen LogP contribution is 2.54. The number of ether oxygens (including phenoxy) is 4. The van der Waals surface area contributed by atoms with E-state index in [0.717, 1.165) is 12.8 Å². The molecular weight excluding hydrogens is 220 g/mol. The lowest BCUT2D eigenvalue weighted by molar-refractivity contribution is -0.339. The molecule has 0 bridgehead atoms. The molecule has 2 heterocycles. The predicted octanol–water partition coefficient (Wildman–Crippen LogP) is 1.72. The van der Waals surface area contributed by atoms with E-state index in [-0.39, 0.29) is 17.1 Å². The standard InChI is InChI=1S/C13H22O4/c1-11(2)10-12(3,15-7-6-14-10)4-5-13(11)16-8-9-17-13/h10H,4-9H2,1-3H3/t10-,12-/m0/s1. The molecule has 0 unspecified atom stereocenters. The lowest BCUT2D eigenvalue weighted by Gasteiger charge is -2.58. The van der Waals surface area contributed by atoms with Crippen molar-refractivity contribution in [1.29, 1.82) is 0 Å². The van der Waals surface area contributed by atoms with Crippen LogP contribution in [0.1, 0.15) is 33.6 Å². The number of rotatable bonds is 0. The van der Waals surface area contributed by atoms with Gasteiger partial charge in [0.05, 0.1) is 38.1 Å². The Bertz CT molecular complexity index is 309. The van der Waals surface area contributed by atoms with Crippen LogP contribution in [0, 0.1) is 5.41 Å². The van der Waals surface area contributed by atoms with Crippen LogP contribution in [-0.2, 0) is 18.9 Å². The summed E-state index contributed by atoms with van der Waals surface area (Å²) in [4.78, 5) is 0. The van der Waals surface area contributed by atoms with E-state index >= 15 is 0 Å². The Kier molecular flexibility index (Phi) is 2.57. The van der Waals surface area contributed by atoms with Crippen LogP contribution in [-0.4, -0.2) is 43.9 Å². The molecule has 0 N–H and O–H groups in total. The predicted molar refractivity (Wildman–Crippen MR) is 61.7 cm³/mol. The zero-order valence-electron chi connectivity index (χ0n) is 11.0. The molecule has 0 aromatic carbocycles. The maximum atomic E-state index is 6.00. The highest BCUT2D eigenvalue weighted by molar-refractivity contribution is 5.09. The van der Waals surface area contributed by atoms with Crippen LogP contribution in [0.4, 0.5) is 0 Å². The molecule has 4 nitrogen and oxygen atoms in total. The molecule has 0 amide bonds. The van der Waals surface area contributed by atoms with Gasteiger partial charge in [0.25, 0.3) is 0 Å². The van der Waals surface area contributed by atoms with E-state index in [1.54, 1.807) is 0 Å². The molecule has 1 spiro atoms. The van der Waals surface area contributed by atoms with Crippen molar-refractivity contribution in [2.75, 3.05) is 26.4 Å². The number of fused-ring (bicyclic) bond motifs is 1. The third-order valence-electron chi connectivity index (χ3n) is 4.70. The maximum absolute atomic E-state index is 6.00. The van der Waals surface area contributed by atoms with E-state index in [2.05, 4.69) is 20.8 Å².